The van der Waals surface area contributed by atoms with Crippen LogP contribution in [0.15, 0.2) is 62.3 Å². The highest BCUT2D eigenvalue weighted by Crippen LogP contribution is 2.27. The molecule has 0 aliphatic heterocycles. The second-order valence-corrected chi connectivity index (χ2v) is 3.49. The summed E-state index contributed by atoms with van der Waals surface area (Å²) in [5, 5.41) is 0. The fourth-order valence-corrected chi connectivity index (χ4v) is 1.45. The van der Waals surface area contributed by atoms with Crippen LogP contribution in [0.4, 0.5) is 0 Å². The van der Waals surface area contributed by atoms with E-state index in [0.717, 1.165) is 12.2 Å². The summed E-state index contributed by atoms with van der Waals surface area (Å²) in [6, 6.07) is 0. The number of esters is 2. The van der Waals surface area contributed by atoms with Crippen molar-refractivity contribution < 1.29 is 19.1 Å². The highest BCUT2D eigenvalue weighted by Gasteiger charge is 2.39. The SMILES string of the molecule is C=CC(=O)OC1C=CC=CC1(C=C)OC(=O)C=C. The van der Waals surface area contributed by atoms with E-state index in [1.54, 1.807) is 24.3 Å². The summed E-state index contributed by atoms with van der Waals surface area (Å²) in [6.45, 7) is 10.2. The van der Waals surface area contributed by atoms with E-state index in [0.29, 0.717) is 0 Å². The molecule has 0 saturated heterocycles. The van der Waals surface area contributed by atoms with E-state index in [1.807, 2.05) is 0 Å². The Morgan fingerprint density at radius 3 is 2.33 bits per heavy atom. The maximum Gasteiger partial charge on any atom is 0.331 e. The molecule has 0 fully saturated rings. The second kappa shape index (κ2) is 5.82. The molecule has 0 bridgehead atoms. The predicted octanol–water partition coefficient (Wildman–Crippen LogP) is 1.86. The van der Waals surface area contributed by atoms with Crippen LogP contribution in [0, 0.1) is 0 Å². The van der Waals surface area contributed by atoms with Gasteiger partial charge in [0.05, 0.1) is 0 Å². The Hall–Kier alpha value is -2.36. The van der Waals surface area contributed by atoms with E-state index < -0.39 is 23.6 Å². The Morgan fingerprint density at radius 2 is 1.78 bits per heavy atom. The largest absolute Gasteiger partial charge is 0.450 e. The van der Waals surface area contributed by atoms with Gasteiger partial charge in [0.25, 0.3) is 0 Å². The van der Waals surface area contributed by atoms with Gasteiger partial charge in [-0.1, -0.05) is 31.9 Å². The van der Waals surface area contributed by atoms with Gasteiger partial charge in [-0.3, -0.25) is 0 Å². The topological polar surface area (TPSA) is 52.6 Å². The third-order valence-corrected chi connectivity index (χ3v) is 2.37. The maximum absolute atomic E-state index is 11.3. The van der Waals surface area contributed by atoms with Crippen LogP contribution in [0.1, 0.15) is 0 Å². The predicted molar refractivity (Wildman–Crippen MR) is 67.6 cm³/mol. The summed E-state index contributed by atoms with van der Waals surface area (Å²) in [5.74, 6) is -1.24. The number of carbonyl (C=O) groups is 2. The van der Waals surface area contributed by atoms with Gasteiger partial charge in [-0.25, -0.2) is 9.59 Å². The number of hydrogen-bond donors (Lipinski definition) is 0. The van der Waals surface area contributed by atoms with Crippen LogP contribution in [-0.2, 0) is 19.1 Å². The van der Waals surface area contributed by atoms with Gasteiger partial charge in [-0.2, -0.15) is 0 Å². The molecular weight excluding hydrogens is 232 g/mol. The molecule has 2 unspecified atom stereocenters. The average molecular weight is 246 g/mol. The van der Waals surface area contributed by atoms with Gasteiger partial charge in [-0.05, 0) is 18.2 Å². The van der Waals surface area contributed by atoms with Crippen LogP contribution in [0.2, 0.25) is 0 Å². The average Bonchev–Trinajstić information content (AvgIpc) is 2.40. The van der Waals surface area contributed by atoms with E-state index in [1.165, 1.54) is 6.08 Å². The number of hydrogen-bond acceptors (Lipinski definition) is 4. The summed E-state index contributed by atoms with van der Waals surface area (Å²) in [4.78, 5) is 22.6. The lowest BCUT2D eigenvalue weighted by molar-refractivity contribution is -0.162. The molecule has 94 valence electrons. The minimum atomic E-state index is -1.22. The molecule has 1 aliphatic rings. The first-order valence-corrected chi connectivity index (χ1v) is 5.26. The van der Waals surface area contributed by atoms with Crippen LogP contribution in [0.25, 0.3) is 0 Å². The molecule has 0 radical (unpaired) electrons. The van der Waals surface area contributed by atoms with Crippen molar-refractivity contribution in [1.29, 1.82) is 0 Å². The number of carbonyl (C=O) groups excluding carboxylic acids is 2. The summed E-state index contributed by atoms with van der Waals surface area (Å²) < 4.78 is 10.3. The lowest BCUT2D eigenvalue weighted by Crippen LogP contribution is -2.45. The van der Waals surface area contributed by atoms with Crippen molar-refractivity contribution in [2.45, 2.75) is 11.7 Å². The molecule has 4 heteroatoms. The van der Waals surface area contributed by atoms with Gasteiger partial charge in [0, 0.05) is 12.2 Å². The first-order valence-electron chi connectivity index (χ1n) is 5.26. The Labute approximate surface area is 106 Å². The molecule has 0 aromatic rings. The molecule has 2 atom stereocenters. The van der Waals surface area contributed by atoms with Gasteiger partial charge < -0.3 is 9.47 Å². The van der Waals surface area contributed by atoms with Crippen molar-refractivity contribution in [1.82, 2.24) is 0 Å². The van der Waals surface area contributed by atoms with Crippen molar-refractivity contribution in [2.75, 3.05) is 0 Å². The molecule has 4 nitrogen and oxygen atoms in total. The smallest absolute Gasteiger partial charge is 0.331 e. The van der Waals surface area contributed by atoms with Crippen LogP contribution >= 0.6 is 0 Å². The standard InChI is InChI=1S/C14H14O4/c1-4-12(15)17-11-9-7-8-10-14(11,6-3)18-13(16)5-2/h4-11H,1-3H2. The minimum absolute atomic E-state index is 0.610. The zero-order chi connectivity index (χ0) is 13.6. The molecule has 1 aliphatic carbocycles. The van der Waals surface area contributed by atoms with Gasteiger partial charge >= 0.3 is 11.9 Å². The summed E-state index contributed by atoms with van der Waals surface area (Å²) in [5.41, 5.74) is -1.22. The fraction of sp³-hybridized carbons (Fsp3) is 0.143. The van der Waals surface area contributed by atoms with E-state index in [4.69, 9.17) is 9.47 Å². The number of ether oxygens (including phenoxy) is 2. The van der Waals surface area contributed by atoms with E-state index in [-0.39, 0.29) is 0 Å². The first-order chi connectivity index (χ1) is 8.57. The molecule has 0 aromatic heterocycles. The van der Waals surface area contributed by atoms with Crippen molar-refractivity contribution >= 4 is 11.9 Å². The molecule has 0 aromatic carbocycles. The molecule has 18 heavy (non-hydrogen) atoms. The third kappa shape index (κ3) is 2.85. The van der Waals surface area contributed by atoms with Crippen LogP contribution in [0.3, 0.4) is 0 Å². The normalized spacial score (nSPS) is 25.0. The van der Waals surface area contributed by atoms with E-state index in [9.17, 15) is 9.59 Å². The van der Waals surface area contributed by atoms with Crippen molar-refractivity contribution in [3.63, 3.8) is 0 Å². The third-order valence-electron chi connectivity index (χ3n) is 2.37. The Bertz CT molecular complexity index is 445. The van der Waals surface area contributed by atoms with Gasteiger partial charge in [-0.15, -0.1) is 0 Å². The Morgan fingerprint density at radius 1 is 1.11 bits per heavy atom. The van der Waals surface area contributed by atoms with E-state index in [2.05, 4.69) is 19.7 Å². The number of rotatable bonds is 5. The molecule has 0 N–H and O–H groups in total. The van der Waals surface area contributed by atoms with Crippen LogP contribution in [-0.4, -0.2) is 23.6 Å². The molecule has 0 amide bonds. The summed E-state index contributed by atoms with van der Waals surface area (Å²) in [6.07, 6.45) is 9.23. The Balaban J connectivity index is 3.00. The summed E-state index contributed by atoms with van der Waals surface area (Å²) >= 11 is 0. The van der Waals surface area contributed by atoms with Gasteiger partial charge in [0.2, 0.25) is 0 Å². The lowest BCUT2D eigenvalue weighted by atomic mass is 9.92. The van der Waals surface area contributed by atoms with E-state index >= 15 is 0 Å². The quantitative estimate of drug-likeness (QED) is 0.422. The van der Waals surface area contributed by atoms with Crippen molar-refractivity contribution in [2.24, 2.45) is 0 Å². The highest BCUT2D eigenvalue weighted by molar-refractivity contribution is 5.83. The molecule has 0 saturated carbocycles. The van der Waals surface area contributed by atoms with Crippen LogP contribution < -0.4 is 0 Å². The summed E-state index contributed by atoms with van der Waals surface area (Å²) in [7, 11) is 0. The second-order valence-electron chi connectivity index (χ2n) is 3.49. The molecule has 0 heterocycles. The van der Waals surface area contributed by atoms with Gasteiger partial charge in [0.1, 0.15) is 0 Å². The highest BCUT2D eigenvalue weighted by atomic mass is 16.6. The maximum atomic E-state index is 11.3. The molecule has 0 spiro atoms. The monoisotopic (exact) mass is 246 g/mol. The Kier molecular flexibility index (Phi) is 4.43. The van der Waals surface area contributed by atoms with Gasteiger partial charge in [0.15, 0.2) is 11.7 Å². The fourth-order valence-electron chi connectivity index (χ4n) is 1.45. The van der Waals surface area contributed by atoms with Crippen LogP contribution in [0.5, 0.6) is 0 Å². The first kappa shape index (κ1) is 13.7. The lowest BCUT2D eigenvalue weighted by Gasteiger charge is -2.34. The van der Waals surface area contributed by atoms with Crippen molar-refractivity contribution in [3.8, 4) is 0 Å². The molecular formula is C14H14O4. The van der Waals surface area contributed by atoms with Crippen molar-refractivity contribution in [3.05, 3.63) is 62.3 Å². The zero-order valence-electron chi connectivity index (χ0n) is 9.87. The minimum Gasteiger partial charge on any atom is -0.450 e. The number of allylic oxidation sites excluding steroid dienone is 2. The zero-order valence-corrected chi connectivity index (χ0v) is 9.87. The molecule has 1 rings (SSSR count).